The van der Waals surface area contributed by atoms with Gasteiger partial charge in [-0.2, -0.15) is 0 Å². The molecule has 5 heteroatoms. The molecule has 2 rings (SSSR count). The normalized spacial score (nSPS) is 10.5. The summed E-state index contributed by atoms with van der Waals surface area (Å²) in [5.74, 6) is -0.249. The third kappa shape index (κ3) is 3.04. The third-order valence-electron chi connectivity index (χ3n) is 2.23. The maximum atomic E-state index is 13.6. The largest absolute Gasteiger partial charge is 0.362 e. The van der Waals surface area contributed by atoms with E-state index in [1.807, 2.05) is 5.38 Å². The van der Waals surface area contributed by atoms with E-state index in [4.69, 9.17) is 0 Å². The van der Waals surface area contributed by atoms with Crippen molar-refractivity contribution in [2.24, 2.45) is 0 Å². The van der Waals surface area contributed by atoms with E-state index >= 15 is 0 Å². The molecule has 0 fully saturated rings. The lowest BCUT2D eigenvalue weighted by atomic mass is 10.2. The Labute approximate surface area is 112 Å². The van der Waals surface area contributed by atoms with Crippen molar-refractivity contribution in [2.45, 2.75) is 13.3 Å². The standard InChI is InChI=1S/C12H12BrFN2S/c1-2-5-15-12-16-11(7-17-12)9-6-8(13)3-4-10(9)14/h3-4,6-7H,2,5H2,1H3,(H,15,16). The van der Waals surface area contributed by atoms with Crippen LogP contribution in [0.3, 0.4) is 0 Å². The fourth-order valence-electron chi connectivity index (χ4n) is 1.40. The first-order valence-electron chi connectivity index (χ1n) is 5.35. The number of benzene rings is 1. The van der Waals surface area contributed by atoms with Crippen LogP contribution in [-0.4, -0.2) is 11.5 Å². The molecule has 17 heavy (non-hydrogen) atoms. The van der Waals surface area contributed by atoms with Gasteiger partial charge in [0.2, 0.25) is 0 Å². The summed E-state index contributed by atoms with van der Waals surface area (Å²) in [5, 5.41) is 5.89. The average Bonchev–Trinajstić information content (AvgIpc) is 2.78. The summed E-state index contributed by atoms with van der Waals surface area (Å²) in [5.41, 5.74) is 1.20. The summed E-state index contributed by atoms with van der Waals surface area (Å²) in [6, 6.07) is 4.87. The van der Waals surface area contributed by atoms with Gasteiger partial charge in [-0.15, -0.1) is 11.3 Å². The number of thiazole rings is 1. The number of hydrogen-bond acceptors (Lipinski definition) is 3. The van der Waals surface area contributed by atoms with Crippen molar-refractivity contribution in [1.29, 1.82) is 0 Å². The number of hydrogen-bond donors (Lipinski definition) is 1. The molecule has 0 amide bonds. The summed E-state index contributed by atoms with van der Waals surface area (Å²) in [4.78, 5) is 4.37. The van der Waals surface area contributed by atoms with Crippen LogP contribution < -0.4 is 5.32 Å². The number of anilines is 1. The van der Waals surface area contributed by atoms with Crippen LogP contribution in [-0.2, 0) is 0 Å². The maximum absolute atomic E-state index is 13.6. The second-order valence-electron chi connectivity index (χ2n) is 3.59. The molecule has 0 aliphatic heterocycles. The quantitative estimate of drug-likeness (QED) is 0.896. The van der Waals surface area contributed by atoms with Crippen LogP contribution in [0.4, 0.5) is 9.52 Å². The molecule has 0 saturated heterocycles. The number of nitrogens with zero attached hydrogens (tertiary/aromatic N) is 1. The van der Waals surface area contributed by atoms with Crippen molar-refractivity contribution >= 4 is 32.4 Å². The van der Waals surface area contributed by atoms with Gasteiger partial charge >= 0.3 is 0 Å². The highest BCUT2D eigenvalue weighted by atomic mass is 79.9. The molecule has 0 saturated carbocycles. The minimum atomic E-state index is -0.249. The molecule has 0 atom stereocenters. The number of rotatable bonds is 4. The highest BCUT2D eigenvalue weighted by Crippen LogP contribution is 2.29. The topological polar surface area (TPSA) is 24.9 Å². The van der Waals surface area contributed by atoms with Crippen molar-refractivity contribution < 1.29 is 4.39 Å². The molecule has 1 N–H and O–H groups in total. The average molecular weight is 315 g/mol. The lowest BCUT2D eigenvalue weighted by Gasteiger charge is -2.00. The molecular weight excluding hydrogens is 303 g/mol. The molecule has 0 bridgehead atoms. The maximum Gasteiger partial charge on any atom is 0.183 e. The van der Waals surface area contributed by atoms with Crippen molar-refractivity contribution in [3.05, 3.63) is 33.9 Å². The van der Waals surface area contributed by atoms with E-state index in [2.05, 4.69) is 33.2 Å². The minimum Gasteiger partial charge on any atom is -0.362 e. The lowest BCUT2D eigenvalue weighted by Crippen LogP contribution is -1.98. The van der Waals surface area contributed by atoms with Crippen LogP contribution in [0.1, 0.15) is 13.3 Å². The van der Waals surface area contributed by atoms with Gasteiger partial charge < -0.3 is 5.32 Å². The zero-order valence-electron chi connectivity index (χ0n) is 9.34. The van der Waals surface area contributed by atoms with Crippen molar-refractivity contribution in [1.82, 2.24) is 4.98 Å². The summed E-state index contributed by atoms with van der Waals surface area (Å²) in [7, 11) is 0. The van der Waals surface area contributed by atoms with Gasteiger partial charge in [0, 0.05) is 22.0 Å². The van der Waals surface area contributed by atoms with E-state index in [-0.39, 0.29) is 5.82 Å². The lowest BCUT2D eigenvalue weighted by molar-refractivity contribution is 0.630. The van der Waals surface area contributed by atoms with Crippen LogP contribution in [0, 0.1) is 5.82 Å². The molecule has 2 nitrogen and oxygen atoms in total. The molecule has 1 aromatic carbocycles. The van der Waals surface area contributed by atoms with Gasteiger partial charge in [-0.3, -0.25) is 0 Å². The second-order valence-corrected chi connectivity index (χ2v) is 5.36. The Balaban J connectivity index is 2.27. The van der Waals surface area contributed by atoms with Gasteiger partial charge in [-0.1, -0.05) is 22.9 Å². The van der Waals surface area contributed by atoms with Crippen molar-refractivity contribution in [3.63, 3.8) is 0 Å². The summed E-state index contributed by atoms with van der Waals surface area (Å²) >= 11 is 4.83. The van der Waals surface area contributed by atoms with Gasteiger partial charge in [0.25, 0.3) is 0 Å². The number of aromatic nitrogens is 1. The Bertz CT molecular complexity index is 513. The molecule has 0 aliphatic rings. The van der Waals surface area contributed by atoms with Gasteiger partial charge in [0.1, 0.15) is 5.82 Å². The predicted molar refractivity (Wildman–Crippen MR) is 74.0 cm³/mol. The number of nitrogens with one attached hydrogen (secondary N) is 1. The summed E-state index contributed by atoms with van der Waals surface area (Å²) in [6.45, 7) is 2.98. The summed E-state index contributed by atoms with van der Waals surface area (Å²) < 4.78 is 14.5. The van der Waals surface area contributed by atoms with Crippen LogP contribution in [0.15, 0.2) is 28.1 Å². The minimum absolute atomic E-state index is 0.249. The van der Waals surface area contributed by atoms with Gasteiger partial charge in [-0.25, -0.2) is 9.37 Å². The van der Waals surface area contributed by atoms with Gasteiger partial charge in [-0.05, 0) is 24.6 Å². The van der Waals surface area contributed by atoms with Gasteiger partial charge in [0.05, 0.1) is 5.69 Å². The summed E-state index contributed by atoms with van der Waals surface area (Å²) in [6.07, 6.45) is 1.04. The zero-order chi connectivity index (χ0) is 12.3. The second kappa shape index (κ2) is 5.60. The van der Waals surface area contributed by atoms with E-state index in [1.54, 1.807) is 12.1 Å². The Morgan fingerprint density at radius 3 is 3.06 bits per heavy atom. The highest BCUT2D eigenvalue weighted by Gasteiger charge is 2.09. The van der Waals surface area contributed by atoms with Crippen LogP contribution in [0.2, 0.25) is 0 Å². The third-order valence-corrected chi connectivity index (χ3v) is 3.53. The van der Waals surface area contributed by atoms with Crippen molar-refractivity contribution in [3.8, 4) is 11.3 Å². The van der Waals surface area contributed by atoms with Crippen LogP contribution in [0.25, 0.3) is 11.3 Å². The highest BCUT2D eigenvalue weighted by molar-refractivity contribution is 9.10. The molecule has 0 aliphatic carbocycles. The first-order chi connectivity index (χ1) is 8.20. The van der Waals surface area contributed by atoms with E-state index in [0.717, 1.165) is 22.6 Å². The first kappa shape index (κ1) is 12.5. The first-order valence-corrected chi connectivity index (χ1v) is 7.03. The van der Waals surface area contributed by atoms with Gasteiger partial charge in [0.15, 0.2) is 5.13 Å². The van der Waals surface area contributed by atoms with E-state index in [1.165, 1.54) is 17.4 Å². The monoisotopic (exact) mass is 314 g/mol. The van der Waals surface area contributed by atoms with E-state index in [0.29, 0.717) is 11.3 Å². The Hall–Kier alpha value is -0.940. The molecule has 0 spiro atoms. The fraction of sp³-hybridized carbons (Fsp3) is 0.250. The molecule has 0 unspecified atom stereocenters. The predicted octanol–water partition coefficient (Wildman–Crippen LogP) is 4.53. The van der Waals surface area contributed by atoms with Crippen LogP contribution >= 0.6 is 27.3 Å². The smallest absolute Gasteiger partial charge is 0.183 e. The molecular formula is C12H12BrFN2S. The van der Waals surface area contributed by atoms with Crippen molar-refractivity contribution in [2.75, 3.05) is 11.9 Å². The molecule has 1 heterocycles. The zero-order valence-corrected chi connectivity index (χ0v) is 11.7. The SMILES string of the molecule is CCCNc1nc(-c2cc(Br)ccc2F)cs1. The Kier molecular flexibility index (Phi) is 4.12. The Morgan fingerprint density at radius 2 is 2.29 bits per heavy atom. The van der Waals surface area contributed by atoms with E-state index < -0.39 is 0 Å². The Morgan fingerprint density at radius 1 is 1.47 bits per heavy atom. The molecule has 1 aromatic heterocycles. The number of halogens is 2. The molecule has 90 valence electrons. The van der Waals surface area contributed by atoms with Crippen LogP contribution in [0.5, 0.6) is 0 Å². The molecule has 0 radical (unpaired) electrons. The van der Waals surface area contributed by atoms with E-state index in [9.17, 15) is 4.39 Å². The molecule has 2 aromatic rings. The fourth-order valence-corrected chi connectivity index (χ4v) is 2.50.